The van der Waals surface area contributed by atoms with Crippen LogP contribution in [0.15, 0.2) is 48.8 Å². The second kappa shape index (κ2) is 7.43. The number of nitrogens with zero attached hydrogens (tertiary/aromatic N) is 1. The van der Waals surface area contributed by atoms with Crippen LogP contribution in [0.4, 0.5) is 5.69 Å². The Balaban J connectivity index is 2.01. The fraction of sp³-hybridized carbons (Fsp3) is 0.294. The molecule has 0 aliphatic carbocycles. The van der Waals surface area contributed by atoms with Gasteiger partial charge in [-0.25, -0.2) is 0 Å². The minimum absolute atomic E-state index is 0.0883. The van der Waals surface area contributed by atoms with Gasteiger partial charge >= 0.3 is 0 Å². The zero-order valence-electron chi connectivity index (χ0n) is 11.8. The molecule has 1 heterocycles. The van der Waals surface area contributed by atoms with Crippen LogP contribution in [0.25, 0.3) is 11.1 Å². The first-order chi connectivity index (χ1) is 9.79. The fourth-order valence-electron chi connectivity index (χ4n) is 2.08. The van der Waals surface area contributed by atoms with E-state index in [0.717, 1.165) is 36.1 Å². The van der Waals surface area contributed by atoms with Crippen LogP contribution in [0.3, 0.4) is 0 Å². The van der Waals surface area contributed by atoms with Crippen molar-refractivity contribution in [2.75, 3.05) is 5.32 Å². The first kappa shape index (κ1) is 14.3. The number of nitrogens with one attached hydrogen (secondary N) is 1. The first-order valence-electron chi connectivity index (χ1n) is 7.10. The zero-order chi connectivity index (χ0) is 14.2. The maximum Gasteiger partial charge on any atom is 0.224 e. The molecule has 0 saturated carbocycles. The van der Waals surface area contributed by atoms with Gasteiger partial charge in [0.25, 0.3) is 0 Å². The monoisotopic (exact) mass is 268 g/mol. The Morgan fingerprint density at radius 1 is 1.10 bits per heavy atom. The first-order valence-corrected chi connectivity index (χ1v) is 7.10. The largest absolute Gasteiger partial charge is 0.326 e. The van der Waals surface area contributed by atoms with Crippen LogP contribution in [0.1, 0.15) is 32.6 Å². The summed E-state index contributed by atoms with van der Waals surface area (Å²) in [5, 5.41) is 2.96. The molecule has 1 aromatic heterocycles. The Labute approximate surface area is 120 Å². The lowest BCUT2D eigenvalue weighted by Crippen LogP contribution is -2.10. The Morgan fingerprint density at radius 3 is 2.65 bits per heavy atom. The molecule has 0 atom stereocenters. The van der Waals surface area contributed by atoms with Gasteiger partial charge in [0.2, 0.25) is 5.91 Å². The van der Waals surface area contributed by atoms with Crippen molar-refractivity contribution in [1.82, 2.24) is 4.98 Å². The molecule has 0 aliphatic rings. The predicted octanol–water partition coefficient (Wildman–Crippen LogP) is 4.27. The number of amides is 1. The second-order valence-electron chi connectivity index (χ2n) is 4.82. The third-order valence-corrected chi connectivity index (χ3v) is 3.17. The SMILES string of the molecule is CCCCCC(=O)Nc1cccc(-c2ccncc2)c1. The van der Waals surface area contributed by atoms with Crippen LogP contribution < -0.4 is 5.32 Å². The minimum atomic E-state index is 0.0883. The molecule has 0 fully saturated rings. The third-order valence-electron chi connectivity index (χ3n) is 3.17. The van der Waals surface area contributed by atoms with Gasteiger partial charge in [-0.15, -0.1) is 0 Å². The van der Waals surface area contributed by atoms with E-state index in [1.807, 2.05) is 36.4 Å². The van der Waals surface area contributed by atoms with Crippen LogP contribution in [0.5, 0.6) is 0 Å². The van der Waals surface area contributed by atoms with Crippen molar-refractivity contribution in [2.45, 2.75) is 32.6 Å². The second-order valence-corrected chi connectivity index (χ2v) is 4.82. The van der Waals surface area contributed by atoms with E-state index >= 15 is 0 Å². The van der Waals surface area contributed by atoms with Gasteiger partial charge in [0.1, 0.15) is 0 Å². The number of pyridine rings is 1. The number of aromatic nitrogens is 1. The number of carbonyl (C=O) groups excluding carboxylic acids is 1. The maximum absolute atomic E-state index is 11.8. The van der Waals surface area contributed by atoms with E-state index in [1.165, 1.54) is 0 Å². The highest BCUT2D eigenvalue weighted by Crippen LogP contribution is 2.22. The molecule has 0 saturated heterocycles. The molecule has 1 aromatic carbocycles. The average Bonchev–Trinajstić information content (AvgIpc) is 2.49. The van der Waals surface area contributed by atoms with E-state index < -0.39 is 0 Å². The van der Waals surface area contributed by atoms with Gasteiger partial charge in [-0.3, -0.25) is 9.78 Å². The van der Waals surface area contributed by atoms with E-state index in [4.69, 9.17) is 0 Å². The summed E-state index contributed by atoms with van der Waals surface area (Å²) >= 11 is 0. The van der Waals surface area contributed by atoms with E-state index in [2.05, 4.69) is 17.2 Å². The molecule has 2 aromatic rings. The number of hydrogen-bond donors (Lipinski definition) is 1. The number of benzene rings is 1. The van der Waals surface area contributed by atoms with Crippen molar-refractivity contribution in [2.24, 2.45) is 0 Å². The Kier molecular flexibility index (Phi) is 5.30. The molecular formula is C17H20N2O. The summed E-state index contributed by atoms with van der Waals surface area (Å²) in [6, 6.07) is 11.8. The van der Waals surface area contributed by atoms with Gasteiger partial charge in [-0.2, -0.15) is 0 Å². The Bertz CT molecular complexity index is 552. The highest BCUT2D eigenvalue weighted by Gasteiger charge is 2.03. The van der Waals surface area contributed by atoms with Gasteiger partial charge in [0, 0.05) is 24.5 Å². The molecule has 1 amide bonds. The molecule has 2 rings (SSSR count). The molecule has 0 spiro atoms. The summed E-state index contributed by atoms with van der Waals surface area (Å²) in [4.78, 5) is 15.8. The summed E-state index contributed by atoms with van der Waals surface area (Å²) in [7, 11) is 0. The Hall–Kier alpha value is -2.16. The van der Waals surface area contributed by atoms with E-state index in [1.54, 1.807) is 12.4 Å². The molecule has 1 N–H and O–H groups in total. The van der Waals surface area contributed by atoms with Gasteiger partial charge in [-0.1, -0.05) is 31.9 Å². The number of unbranched alkanes of at least 4 members (excludes halogenated alkanes) is 2. The molecule has 0 radical (unpaired) electrons. The van der Waals surface area contributed by atoms with Crippen LogP contribution in [-0.4, -0.2) is 10.9 Å². The van der Waals surface area contributed by atoms with Crippen LogP contribution >= 0.6 is 0 Å². The van der Waals surface area contributed by atoms with E-state index in [-0.39, 0.29) is 5.91 Å². The zero-order valence-corrected chi connectivity index (χ0v) is 11.8. The molecule has 20 heavy (non-hydrogen) atoms. The lowest BCUT2D eigenvalue weighted by molar-refractivity contribution is -0.116. The standard InChI is InChI=1S/C17H20N2O/c1-2-3-4-8-17(20)19-16-7-5-6-15(13-16)14-9-11-18-12-10-14/h5-7,9-13H,2-4,8H2,1H3,(H,19,20). The summed E-state index contributed by atoms with van der Waals surface area (Å²) in [6.45, 7) is 2.14. The molecule has 0 bridgehead atoms. The predicted molar refractivity (Wildman–Crippen MR) is 82.4 cm³/mol. The lowest BCUT2D eigenvalue weighted by Gasteiger charge is -2.07. The van der Waals surface area contributed by atoms with Gasteiger partial charge in [0.15, 0.2) is 0 Å². The number of carbonyl (C=O) groups is 1. The summed E-state index contributed by atoms with van der Waals surface area (Å²) < 4.78 is 0. The molecule has 0 unspecified atom stereocenters. The third kappa shape index (κ3) is 4.19. The summed E-state index contributed by atoms with van der Waals surface area (Å²) in [6.07, 6.45) is 7.31. The lowest BCUT2D eigenvalue weighted by atomic mass is 10.1. The highest BCUT2D eigenvalue weighted by molar-refractivity contribution is 5.91. The number of anilines is 1. The number of hydrogen-bond acceptors (Lipinski definition) is 2. The molecule has 0 aliphatic heterocycles. The van der Waals surface area contributed by atoms with Crippen molar-refractivity contribution in [3.05, 3.63) is 48.8 Å². The van der Waals surface area contributed by atoms with Crippen molar-refractivity contribution in [3.63, 3.8) is 0 Å². The van der Waals surface area contributed by atoms with Crippen molar-refractivity contribution in [1.29, 1.82) is 0 Å². The quantitative estimate of drug-likeness (QED) is 0.795. The van der Waals surface area contributed by atoms with E-state index in [0.29, 0.717) is 6.42 Å². The van der Waals surface area contributed by atoms with Crippen molar-refractivity contribution < 1.29 is 4.79 Å². The smallest absolute Gasteiger partial charge is 0.224 e. The Morgan fingerprint density at radius 2 is 1.90 bits per heavy atom. The molecular weight excluding hydrogens is 248 g/mol. The van der Waals surface area contributed by atoms with E-state index in [9.17, 15) is 4.79 Å². The van der Waals surface area contributed by atoms with Gasteiger partial charge in [0.05, 0.1) is 0 Å². The molecule has 104 valence electrons. The van der Waals surface area contributed by atoms with Crippen molar-refractivity contribution >= 4 is 11.6 Å². The summed E-state index contributed by atoms with van der Waals surface area (Å²) in [5.41, 5.74) is 3.03. The number of rotatable bonds is 6. The van der Waals surface area contributed by atoms with Crippen LogP contribution in [-0.2, 0) is 4.79 Å². The van der Waals surface area contributed by atoms with Crippen molar-refractivity contribution in [3.8, 4) is 11.1 Å². The topological polar surface area (TPSA) is 42.0 Å². The molecule has 3 heteroatoms. The minimum Gasteiger partial charge on any atom is -0.326 e. The van der Waals surface area contributed by atoms with Gasteiger partial charge < -0.3 is 5.32 Å². The van der Waals surface area contributed by atoms with Gasteiger partial charge in [-0.05, 0) is 41.8 Å². The maximum atomic E-state index is 11.8. The summed E-state index contributed by atoms with van der Waals surface area (Å²) in [5.74, 6) is 0.0883. The fourth-order valence-corrected chi connectivity index (χ4v) is 2.08. The normalized spacial score (nSPS) is 10.2. The van der Waals surface area contributed by atoms with Crippen LogP contribution in [0.2, 0.25) is 0 Å². The average molecular weight is 268 g/mol. The molecule has 3 nitrogen and oxygen atoms in total. The van der Waals surface area contributed by atoms with Crippen LogP contribution in [0, 0.1) is 0 Å². The highest BCUT2D eigenvalue weighted by atomic mass is 16.1.